The van der Waals surface area contributed by atoms with Gasteiger partial charge in [0.1, 0.15) is 0 Å². The SMILES string of the molecule is CC(=O)NC(Cc1ccc(O)c(F)c1)C(O)CNC1CCCc2ccc(CC(C)(C)C)cc21. The predicted molar refractivity (Wildman–Crippen MR) is 129 cm³/mol. The number of amides is 1. The molecule has 6 heteroatoms. The summed E-state index contributed by atoms with van der Waals surface area (Å²) in [5, 5.41) is 26.6. The molecule has 0 heterocycles. The van der Waals surface area contributed by atoms with Gasteiger partial charge in [0.05, 0.1) is 12.1 Å². The van der Waals surface area contributed by atoms with Gasteiger partial charge in [0.2, 0.25) is 5.91 Å². The molecule has 33 heavy (non-hydrogen) atoms. The Morgan fingerprint density at radius 3 is 2.58 bits per heavy atom. The molecule has 2 aromatic carbocycles. The van der Waals surface area contributed by atoms with E-state index in [0.717, 1.165) is 25.7 Å². The lowest BCUT2D eigenvalue weighted by Gasteiger charge is -2.31. The number of carbonyl (C=O) groups excluding carboxylic acids is 1. The molecule has 1 amide bonds. The highest BCUT2D eigenvalue weighted by atomic mass is 19.1. The summed E-state index contributed by atoms with van der Waals surface area (Å²) in [7, 11) is 0. The van der Waals surface area contributed by atoms with E-state index in [1.807, 2.05) is 0 Å². The summed E-state index contributed by atoms with van der Waals surface area (Å²) in [5.74, 6) is -1.39. The van der Waals surface area contributed by atoms with Gasteiger partial charge in [0, 0.05) is 19.5 Å². The van der Waals surface area contributed by atoms with E-state index in [4.69, 9.17) is 0 Å². The van der Waals surface area contributed by atoms with Gasteiger partial charge in [-0.05, 0) is 71.9 Å². The number of phenols is 1. The van der Waals surface area contributed by atoms with Crippen LogP contribution >= 0.6 is 0 Å². The minimum absolute atomic E-state index is 0.146. The number of carbonyl (C=O) groups is 1. The summed E-state index contributed by atoms with van der Waals surface area (Å²) in [4.78, 5) is 11.7. The fourth-order valence-corrected chi connectivity index (χ4v) is 4.66. The molecule has 0 fully saturated rings. The zero-order valence-electron chi connectivity index (χ0n) is 20.1. The van der Waals surface area contributed by atoms with Crippen LogP contribution in [0.25, 0.3) is 0 Å². The Morgan fingerprint density at radius 1 is 1.18 bits per heavy atom. The van der Waals surface area contributed by atoms with Crippen LogP contribution in [0.1, 0.15) is 68.8 Å². The first-order valence-electron chi connectivity index (χ1n) is 11.8. The maximum atomic E-state index is 13.7. The van der Waals surface area contributed by atoms with Crippen molar-refractivity contribution >= 4 is 5.91 Å². The molecule has 0 aromatic heterocycles. The van der Waals surface area contributed by atoms with Crippen molar-refractivity contribution in [3.63, 3.8) is 0 Å². The molecule has 3 rings (SSSR count). The molecule has 2 aromatic rings. The normalized spacial score (nSPS) is 17.8. The third-order valence-electron chi connectivity index (χ3n) is 6.15. The van der Waals surface area contributed by atoms with Crippen LogP contribution in [0.2, 0.25) is 0 Å². The average molecular weight is 457 g/mol. The van der Waals surface area contributed by atoms with E-state index in [2.05, 4.69) is 49.6 Å². The van der Waals surface area contributed by atoms with Crippen LogP contribution in [0.4, 0.5) is 4.39 Å². The second-order valence-corrected chi connectivity index (χ2v) is 10.5. The fraction of sp³-hybridized carbons (Fsp3) is 0.519. The van der Waals surface area contributed by atoms with E-state index in [9.17, 15) is 19.4 Å². The first-order valence-corrected chi connectivity index (χ1v) is 11.8. The van der Waals surface area contributed by atoms with Crippen molar-refractivity contribution < 1.29 is 19.4 Å². The van der Waals surface area contributed by atoms with Crippen molar-refractivity contribution in [2.75, 3.05) is 6.54 Å². The Labute approximate surface area is 196 Å². The molecule has 0 saturated carbocycles. The molecular formula is C27H37FN2O3. The molecule has 4 N–H and O–H groups in total. The monoisotopic (exact) mass is 456 g/mol. The van der Waals surface area contributed by atoms with E-state index in [-0.39, 0.29) is 23.8 Å². The Balaban J connectivity index is 1.70. The van der Waals surface area contributed by atoms with Crippen LogP contribution in [-0.4, -0.2) is 34.8 Å². The Morgan fingerprint density at radius 2 is 1.91 bits per heavy atom. The maximum Gasteiger partial charge on any atom is 0.217 e. The molecule has 3 unspecified atom stereocenters. The van der Waals surface area contributed by atoms with Gasteiger partial charge in [-0.3, -0.25) is 4.79 Å². The number of halogens is 1. The number of hydrogen-bond acceptors (Lipinski definition) is 4. The number of aliphatic hydroxyl groups is 1. The van der Waals surface area contributed by atoms with Crippen molar-refractivity contribution in [3.8, 4) is 5.75 Å². The Kier molecular flexibility index (Phi) is 8.14. The van der Waals surface area contributed by atoms with E-state index >= 15 is 0 Å². The lowest BCUT2D eigenvalue weighted by Crippen LogP contribution is -2.48. The lowest BCUT2D eigenvalue weighted by molar-refractivity contribution is -0.120. The topological polar surface area (TPSA) is 81.6 Å². The number of aryl methyl sites for hydroxylation is 1. The summed E-state index contributed by atoms with van der Waals surface area (Å²) < 4.78 is 13.7. The largest absolute Gasteiger partial charge is 0.505 e. The molecule has 0 saturated heterocycles. The van der Waals surface area contributed by atoms with Crippen molar-refractivity contribution in [1.29, 1.82) is 0 Å². The quantitative estimate of drug-likeness (QED) is 0.480. The van der Waals surface area contributed by atoms with Crippen molar-refractivity contribution in [2.24, 2.45) is 5.41 Å². The average Bonchev–Trinajstić information content (AvgIpc) is 2.72. The number of hydrogen-bond donors (Lipinski definition) is 4. The number of aromatic hydroxyl groups is 1. The molecule has 180 valence electrons. The van der Waals surface area contributed by atoms with Gasteiger partial charge < -0.3 is 20.8 Å². The van der Waals surface area contributed by atoms with Gasteiger partial charge in [-0.1, -0.05) is 45.0 Å². The minimum atomic E-state index is -0.853. The second kappa shape index (κ2) is 10.7. The summed E-state index contributed by atoms with van der Waals surface area (Å²) in [6, 6.07) is 10.5. The number of benzene rings is 2. The smallest absolute Gasteiger partial charge is 0.217 e. The predicted octanol–water partition coefficient (Wildman–Crippen LogP) is 4.20. The van der Waals surface area contributed by atoms with E-state index < -0.39 is 23.7 Å². The van der Waals surface area contributed by atoms with Gasteiger partial charge in [-0.2, -0.15) is 0 Å². The van der Waals surface area contributed by atoms with Crippen LogP contribution in [-0.2, 0) is 24.1 Å². The van der Waals surface area contributed by atoms with Gasteiger partial charge in [0.25, 0.3) is 0 Å². The van der Waals surface area contributed by atoms with Crippen LogP contribution < -0.4 is 10.6 Å². The first-order chi connectivity index (χ1) is 15.5. The number of fused-ring (bicyclic) bond motifs is 1. The third kappa shape index (κ3) is 7.27. The molecule has 3 atom stereocenters. The van der Waals surface area contributed by atoms with Crippen molar-refractivity contribution in [2.45, 2.75) is 78.0 Å². The van der Waals surface area contributed by atoms with Crippen LogP contribution in [0.5, 0.6) is 5.75 Å². The zero-order chi connectivity index (χ0) is 24.2. The van der Waals surface area contributed by atoms with Gasteiger partial charge in [-0.15, -0.1) is 0 Å². The highest BCUT2D eigenvalue weighted by molar-refractivity contribution is 5.73. The van der Waals surface area contributed by atoms with E-state index in [1.165, 1.54) is 35.7 Å². The van der Waals surface area contributed by atoms with Crippen LogP contribution in [0, 0.1) is 11.2 Å². The van der Waals surface area contributed by atoms with Crippen LogP contribution in [0.3, 0.4) is 0 Å². The molecule has 1 aliphatic carbocycles. The fourth-order valence-electron chi connectivity index (χ4n) is 4.66. The number of rotatable bonds is 8. The van der Waals surface area contributed by atoms with Gasteiger partial charge in [-0.25, -0.2) is 4.39 Å². The number of aliphatic hydroxyl groups excluding tert-OH is 1. The van der Waals surface area contributed by atoms with Crippen LogP contribution in [0.15, 0.2) is 36.4 Å². The zero-order valence-corrected chi connectivity index (χ0v) is 20.1. The standard InChI is InChI=1S/C27H37FN2O3/c1-17(31)30-24(14-18-9-11-25(32)22(28)13-18)26(33)16-29-23-7-5-6-20-10-8-19(12-21(20)23)15-27(2,3)4/h8-13,23-24,26,29,32-33H,5-7,14-16H2,1-4H3,(H,30,31). The maximum absolute atomic E-state index is 13.7. The Hall–Kier alpha value is -2.44. The number of phenolic OH excluding ortho intramolecular Hbond substituents is 1. The molecule has 5 nitrogen and oxygen atoms in total. The summed E-state index contributed by atoms with van der Waals surface area (Å²) >= 11 is 0. The molecule has 0 aliphatic heterocycles. The summed E-state index contributed by atoms with van der Waals surface area (Å²) in [6.45, 7) is 8.42. The summed E-state index contributed by atoms with van der Waals surface area (Å²) in [5.41, 5.74) is 4.77. The van der Waals surface area contributed by atoms with Gasteiger partial charge in [0.15, 0.2) is 11.6 Å². The third-order valence-corrected chi connectivity index (χ3v) is 6.15. The highest BCUT2D eigenvalue weighted by Gasteiger charge is 2.25. The molecule has 1 aliphatic rings. The molecule has 0 bridgehead atoms. The molecule has 0 radical (unpaired) electrons. The van der Waals surface area contributed by atoms with Crippen molar-refractivity contribution in [1.82, 2.24) is 10.6 Å². The second-order valence-electron chi connectivity index (χ2n) is 10.5. The minimum Gasteiger partial charge on any atom is -0.505 e. The number of nitrogens with one attached hydrogen (secondary N) is 2. The summed E-state index contributed by atoms with van der Waals surface area (Å²) in [6.07, 6.45) is 3.55. The highest BCUT2D eigenvalue weighted by Crippen LogP contribution is 2.32. The Bertz CT molecular complexity index is 970. The van der Waals surface area contributed by atoms with Gasteiger partial charge >= 0.3 is 0 Å². The molecular weight excluding hydrogens is 419 g/mol. The van der Waals surface area contributed by atoms with E-state index in [0.29, 0.717) is 12.1 Å². The molecule has 0 spiro atoms. The first kappa shape index (κ1) is 25.2. The lowest BCUT2D eigenvalue weighted by atomic mass is 9.82. The van der Waals surface area contributed by atoms with Crippen molar-refractivity contribution in [3.05, 3.63) is 64.5 Å². The van der Waals surface area contributed by atoms with E-state index in [1.54, 1.807) is 6.07 Å².